The Balaban J connectivity index is 0. The molecule has 0 heterocycles. The van der Waals surface area contributed by atoms with E-state index in [1.165, 1.54) is 5.56 Å². The van der Waals surface area contributed by atoms with Crippen LogP contribution < -0.4 is 11.5 Å². The van der Waals surface area contributed by atoms with Crippen LogP contribution in [-0.4, -0.2) is 35.5 Å². The van der Waals surface area contributed by atoms with Gasteiger partial charge in [0.15, 0.2) is 0 Å². The molecule has 118 valence electrons. The summed E-state index contributed by atoms with van der Waals surface area (Å²) in [7, 11) is 0. The molecule has 0 amide bonds. The second-order valence-electron chi connectivity index (χ2n) is 4.96. The van der Waals surface area contributed by atoms with Crippen LogP contribution in [0.15, 0.2) is 24.3 Å². The van der Waals surface area contributed by atoms with Crippen LogP contribution in [-0.2, 0) is 0 Å². The van der Waals surface area contributed by atoms with E-state index in [2.05, 4.69) is 24.3 Å². The van der Waals surface area contributed by atoms with Gasteiger partial charge in [0.1, 0.15) is 0 Å². The summed E-state index contributed by atoms with van der Waals surface area (Å²) < 4.78 is 0. The van der Waals surface area contributed by atoms with E-state index in [-0.39, 0.29) is 56.0 Å². The number of nitrogens with two attached hydrogens (primary N) is 2. The van der Waals surface area contributed by atoms with Crippen molar-refractivity contribution >= 4 is 24.8 Å². The average Bonchev–Trinajstić information content (AvgIpc) is 2.38. The van der Waals surface area contributed by atoms with E-state index in [1.54, 1.807) is 0 Å². The van der Waals surface area contributed by atoms with E-state index in [0.717, 1.165) is 5.56 Å². The average molecular weight is 325 g/mol. The molecule has 2 atom stereocenters. The van der Waals surface area contributed by atoms with Crippen LogP contribution in [0.5, 0.6) is 0 Å². The molecule has 1 rings (SSSR count). The number of halogens is 2. The van der Waals surface area contributed by atoms with Gasteiger partial charge in [0.05, 0.1) is 13.2 Å². The molecule has 0 fully saturated rings. The quantitative estimate of drug-likeness (QED) is 0.609. The molecule has 0 aliphatic rings. The van der Waals surface area contributed by atoms with Crippen molar-refractivity contribution in [2.75, 3.05) is 13.2 Å². The molecule has 0 saturated carbocycles. The highest BCUT2D eigenvalue weighted by Gasteiger charge is 2.18. The van der Waals surface area contributed by atoms with Crippen LogP contribution >= 0.6 is 24.8 Å². The molecule has 0 bridgehead atoms. The molecule has 0 spiro atoms. The van der Waals surface area contributed by atoms with Gasteiger partial charge in [-0.05, 0) is 31.2 Å². The van der Waals surface area contributed by atoms with E-state index < -0.39 is 0 Å². The number of aliphatic hydroxyl groups excluding tert-OH is 2. The van der Waals surface area contributed by atoms with Gasteiger partial charge in [0, 0.05) is 12.1 Å². The first-order chi connectivity index (χ1) is 8.56. The number of benzene rings is 1. The van der Waals surface area contributed by atoms with Crippen molar-refractivity contribution < 1.29 is 10.2 Å². The maximum Gasteiger partial charge on any atom is 0.0582 e. The number of hydrogen-bond acceptors (Lipinski definition) is 4. The molecule has 1 aromatic carbocycles. The number of aliphatic hydroxyl groups is 2. The van der Waals surface area contributed by atoms with Gasteiger partial charge in [-0.3, -0.25) is 0 Å². The monoisotopic (exact) mass is 324 g/mol. The third-order valence-corrected chi connectivity index (χ3v) is 3.19. The summed E-state index contributed by atoms with van der Waals surface area (Å²) in [6.07, 6.45) is 1.35. The van der Waals surface area contributed by atoms with E-state index in [0.29, 0.717) is 12.8 Å². The minimum atomic E-state index is -0.248. The lowest BCUT2D eigenvalue weighted by Crippen LogP contribution is -2.31. The fourth-order valence-electron chi connectivity index (χ4n) is 2.09. The van der Waals surface area contributed by atoms with Gasteiger partial charge >= 0.3 is 0 Å². The van der Waals surface area contributed by atoms with Crippen molar-refractivity contribution in [3.8, 4) is 0 Å². The molecule has 2 unspecified atom stereocenters. The molecule has 6 heteroatoms. The van der Waals surface area contributed by atoms with E-state index in [1.807, 2.05) is 6.92 Å². The van der Waals surface area contributed by atoms with Gasteiger partial charge in [0.2, 0.25) is 0 Å². The van der Waals surface area contributed by atoms with Gasteiger partial charge in [-0.1, -0.05) is 29.8 Å². The first-order valence-electron chi connectivity index (χ1n) is 6.36. The summed E-state index contributed by atoms with van der Waals surface area (Å²) in [5.74, 6) is 0.176. The highest BCUT2D eigenvalue weighted by molar-refractivity contribution is 5.85. The van der Waals surface area contributed by atoms with Crippen molar-refractivity contribution in [1.29, 1.82) is 0 Å². The summed E-state index contributed by atoms with van der Waals surface area (Å²) in [6.45, 7) is 1.98. The van der Waals surface area contributed by atoms with Gasteiger partial charge in [-0.25, -0.2) is 0 Å². The van der Waals surface area contributed by atoms with Crippen LogP contribution in [0.25, 0.3) is 0 Å². The lowest BCUT2D eigenvalue weighted by molar-refractivity contribution is 0.235. The molecule has 20 heavy (non-hydrogen) atoms. The molecular formula is C14H26Cl2N2O2. The van der Waals surface area contributed by atoms with Crippen LogP contribution in [0.4, 0.5) is 0 Å². The molecule has 1 aromatic rings. The van der Waals surface area contributed by atoms with Gasteiger partial charge < -0.3 is 21.7 Å². The minimum absolute atomic E-state index is 0. The molecule has 0 aliphatic heterocycles. The molecular weight excluding hydrogens is 299 g/mol. The summed E-state index contributed by atoms with van der Waals surface area (Å²) in [5, 5.41) is 18.1. The maximum atomic E-state index is 9.06. The maximum absolute atomic E-state index is 9.06. The zero-order valence-electron chi connectivity index (χ0n) is 11.7. The Bertz CT molecular complexity index is 338. The third-order valence-electron chi connectivity index (χ3n) is 3.19. The van der Waals surface area contributed by atoms with Crippen LogP contribution in [0, 0.1) is 6.92 Å². The zero-order valence-corrected chi connectivity index (χ0v) is 13.4. The SMILES string of the molecule is Cc1ccc(C(CC(N)CO)CC(N)CO)cc1.Cl.Cl. The van der Waals surface area contributed by atoms with Crippen molar-refractivity contribution in [3.05, 3.63) is 35.4 Å². The first kappa shape index (κ1) is 21.9. The standard InChI is InChI=1S/C14H24N2O2.2ClH/c1-10-2-4-11(5-3-10)12(6-13(15)8-17)7-14(16)9-18;;/h2-5,12-14,17-18H,6-9,15-16H2,1H3;2*1H. The highest BCUT2D eigenvalue weighted by Crippen LogP contribution is 2.26. The van der Waals surface area contributed by atoms with Crippen molar-refractivity contribution in [2.45, 2.75) is 37.8 Å². The molecule has 0 radical (unpaired) electrons. The summed E-state index contributed by atoms with van der Waals surface area (Å²) in [4.78, 5) is 0. The van der Waals surface area contributed by atoms with Gasteiger partial charge in [-0.2, -0.15) is 0 Å². The molecule has 0 saturated heterocycles. The normalized spacial score (nSPS) is 14.7. The summed E-state index contributed by atoms with van der Waals surface area (Å²) in [6, 6.07) is 7.74. The Kier molecular flexibility index (Phi) is 12.4. The molecule has 0 aromatic heterocycles. The van der Waals surface area contributed by atoms with Gasteiger partial charge in [-0.15, -0.1) is 24.8 Å². The van der Waals surface area contributed by atoms with Crippen molar-refractivity contribution in [2.24, 2.45) is 11.5 Å². The second kappa shape index (κ2) is 11.3. The molecule has 6 N–H and O–H groups in total. The minimum Gasteiger partial charge on any atom is -0.395 e. The summed E-state index contributed by atoms with van der Waals surface area (Å²) in [5.41, 5.74) is 14.0. The fraction of sp³-hybridized carbons (Fsp3) is 0.571. The second-order valence-corrected chi connectivity index (χ2v) is 4.96. The van der Waals surface area contributed by atoms with Gasteiger partial charge in [0.25, 0.3) is 0 Å². The Labute approximate surface area is 133 Å². The largest absolute Gasteiger partial charge is 0.395 e. The third kappa shape index (κ3) is 7.43. The Morgan fingerprint density at radius 3 is 1.65 bits per heavy atom. The number of rotatable bonds is 7. The predicted molar refractivity (Wildman–Crippen MR) is 87.8 cm³/mol. The van der Waals surface area contributed by atoms with Crippen LogP contribution in [0.1, 0.15) is 29.9 Å². The lowest BCUT2D eigenvalue weighted by atomic mass is 9.87. The molecule has 0 aliphatic carbocycles. The summed E-state index contributed by atoms with van der Waals surface area (Å²) >= 11 is 0. The van der Waals surface area contributed by atoms with E-state index in [9.17, 15) is 0 Å². The Hall–Kier alpha value is -0.360. The molecule has 4 nitrogen and oxygen atoms in total. The highest BCUT2D eigenvalue weighted by atomic mass is 35.5. The zero-order chi connectivity index (χ0) is 13.5. The number of hydrogen-bond donors (Lipinski definition) is 4. The number of aryl methyl sites for hydroxylation is 1. The van der Waals surface area contributed by atoms with Crippen LogP contribution in [0.3, 0.4) is 0 Å². The fourth-order valence-corrected chi connectivity index (χ4v) is 2.09. The smallest absolute Gasteiger partial charge is 0.0582 e. The van der Waals surface area contributed by atoms with E-state index >= 15 is 0 Å². The van der Waals surface area contributed by atoms with Crippen molar-refractivity contribution in [1.82, 2.24) is 0 Å². The van der Waals surface area contributed by atoms with Crippen LogP contribution in [0.2, 0.25) is 0 Å². The predicted octanol–water partition coefficient (Wildman–Crippen LogP) is 1.34. The topological polar surface area (TPSA) is 92.5 Å². The lowest BCUT2D eigenvalue weighted by Gasteiger charge is -2.23. The first-order valence-corrected chi connectivity index (χ1v) is 6.36. The Morgan fingerprint density at radius 1 is 0.900 bits per heavy atom. The van der Waals surface area contributed by atoms with E-state index in [4.69, 9.17) is 21.7 Å². The van der Waals surface area contributed by atoms with Crippen molar-refractivity contribution in [3.63, 3.8) is 0 Å². The Morgan fingerprint density at radius 2 is 1.30 bits per heavy atom.